The Morgan fingerprint density at radius 1 is 1.29 bits per heavy atom. The summed E-state index contributed by atoms with van der Waals surface area (Å²) in [5, 5.41) is 2.69. The van der Waals surface area contributed by atoms with Crippen LogP contribution in [0.3, 0.4) is 0 Å². The molecule has 2 amide bonds. The van der Waals surface area contributed by atoms with E-state index < -0.39 is 0 Å². The molecule has 0 heterocycles. The highest BCUT2D eigenvalue weighted by molar-refractivity contribution is 5.73. The summed E-state index contributed by atoms with van der Waals surface area (Å²) in [5.41, 5.74) is 0. The number of carbonyl (C=O) groups excluding carboxylic acids is 1. The number of hydrogen-bond acceptors (Lipinski definition) is 3. The number of nitrogens with zero attached hydrogens (tertiary/aromatic N) is 1. The van der Waals surface area contributed by atoms with Crippen LogP contribution in [0, 0.1) is 0 Å². The normalized spacial score (nSPS) is 10.4. The average Bonchev–Trinajstić information content (AvgIpc) is 2.14. The van der Waals surface area contributed by atoms with Gasteiger partial charge in [0.1, 0.15) is 0 Å². The molecule has 0 rings (SSSR count). The zero-order valence-corrected chi connectivity index (χ0v) is 9.37. The lowest BCUT2D eigenvalue weighted by atomic mass is 10.6. The van der Waals surface area contributed by atoms with Crippen LogP contribution in [0.5, 0.6) is 0 Å². The van der Waals surface area contributed by atoms with Crippen LogP contribution in [0.1, 0.15) is 13.8 Å². The van der Waals surface area contributed by atoms with Gasteiger partial charge in [0.05, 0.1) is 6.54 Å². The maximum Gasteiger partial charge on any atom is 0.317 e. The Morgan fingerprint density at radius 3 is 2.14 bits per heavy atom. The number of ether oxygens (including phenoxy) is 2. The van der Waals surface area contributed by atoms with Crippen molar-refractivity contribution in [2.45, 2.75) is 20.1 Å². The summed E-state index contributed by atoms with van der Waals surface area (Å²) in [4.78, 5) is 12.6. The van der Waals surface area contributed by atoms with E-state index in [1.165, 1.54) is 4.90 Å². The molecular weight excluding hydrogens is 184 g/mol. The fraction of sp³-hybridized carbons (Fsp3) is 0.889. The van der Waals surface area contributed by atoms with Crippen LogP contribution >= 0.6 is 0 Å². The monoisotopic (exact) mass is 204 g/mol. The van der Waals surface area contributed by atoms with Gasteiger partial charge in [-0.25, -0.2) is 4.79 Å². The number of urea groups is 1. The minimum absolute atomic E-state index is 0.144. The predicted molar refractivity (Wildman–Crippen MR) is 54.1 cm³/mol. The van der Waals surface area contributed by atoms with E-state index >= 15 is 0 Å². The molecule has 0 aromatic carbocycles. The number of amides is 2. The van der Waals surface area contributed by atoms with E-state index in [0.29, 0.717) is 19.8 Å². The zero-order chi connectivity index (χ0) is 11.0. The molecule has 84 valence electrons. The van der Waals surface area contributed by atoms with E-state index in [2.05, 4.69) is 5.32 Å². The summed E-state index contributed by atoms with van der Waals surface area (Å²) in [6, 6.07) is -0.144. The number of rotatable bonds is 6. The molecule has 5 nitrogen and oxygen atoms in total. The van der Waals surface area contributed by atoms with Crippen LogP contribution in [-0.4, -0.2) is 51.1 Å². The molecule has 0 fully saturated rings. The first-order valence-electron chi connectivity index (χ1n) is 4.80. The van der Waals surface area contributed by atoms with E-state index in [0.717, 1.165) is 0 Å². The third-order valence-corrected chi connectivity index (χ3v) is 1.53. The van der Waals surface area contributed by atoms with Crippen LogP contribution in [0.15, 0.2) is 0 Å². The van der Waals surface area contributed by atoms with Gasteiger partial charge in [0.2, 0.25) is 0 Å². The van der Waals surface area contributed by atoms with Crippen LogP contribution in [0.4, 0.5) is 4.79 Å². The van der Waals surface area contributed by atoms with Crippen LogP contribution < -0.4 is 5.32 Å². The Hall–Kier alpha value is -0.810. The molecule has 14 heavy (non-hydrogen) atoms. The molecule has 0 aromatic rings. The van der Waals surface area contributed by atoms with Gasteiger partial charge >= 0.3 is 6.03 Å². The van der Waals surface area contributed by atoms with Crippen molar-refractivity contribution < 1.29 is 14.3 Å². The lowest BCUT2D eigenvalue weighted by Gasteiger charge is -2.19. The minimum atomic E-state index is -0.353. The lowest BCUT2D eigenvalue weighted by Crippen LogP contribution is -2.40. The summed E-state index contributed by atoms with van der Waals surface area (Å²) in [5.74, 6) is 0. The molecule has 0 radical (unpaired) electrons. The van der Waals surface area contributed by atoms with Crippen molar-refractivity contribution in [3.63, 3.8) is 0 Å². The second-order valence-electron chi connectivity index (χ2n) is 2.92. The smallest absolute Gasteiger partial charge is 0.317 e. The van der Waals surface area contributed by atoms with Gasteiger partial charge in [-0.15, -0.1) is 0 Å². The second kappa shape index (κ2) is 7.58. The standard InChI is InChI=1S/C9H20N2O3/c1-5-13-8(14-6-2)7-10-9(12)11(3)4/h8H,5-7H2,1-4H3,(H,10,12). The third-order valence-electron chi connectivity index (χ3n) is 1.53. The van der Waals surface area contributed by atoms with E-state index in [1.54, 1.807) is 14.1 Å². The van der Waals surface area contributed by atoms with Crippen LogP contribution in [-0.2, 0) is 9.47 Å². The van der Waals surface area contributed by atoms with Gasteiger partial charge in [0.15, 0.2) is 6.29 Å². The van der Waals surface area contributed by atoms with E-state index in [4.69, 9.17) is 9.47 Å². The molecule has 0 bridgehead atoms. The van der Waals surface area contributed by atoms with Crippen molar-refractivity contribution in [2.24, 2.45) is 0 Å². The van der Waals surface area contributed by atoms with Gasteiger partial charge in [0, 0.05) is 27.3 Å². The predicted octanol–water partition coefficient (Wildman–Crippen LogP) is 0.657. The third kappa shape index (κ3) is 5.77. The maximum atomic E-state index is 11.2. The summed E-state index contributed by atoms with van der Waals surface area (Å²) >= 11 is 0. The molecule has 0 saturated carbocycles. The maximum absolute atomic E-state index is 11.2. The molecule has 0 unspecified atom stereocenters. The Bertz CT molecular complexity index is 156. The van der Waals surface area contributed by atoms with Crippen LogP contribution in [0.2, 0.25) is 0 Å². The van der Waals surface area contributed by atoms with Crippen molar-refractivity contribution in [2.75, 3.05) is 33.9 Å². The van der Waals surface area contributed by atoms with Crippen molar-refractivity contribution in [3.8, 4) is 0 Å². The Labute approximate surface area is 85.4 Å². The molecule has 0 aliphatic heterocycles. The highest BCUT2D eigenvalue weighted by Gasteiger charge is 2.10. The van der Waals surface area contributed by atoms with Crippen molar-refractivity contribution in [1.82, 2.24) is 10.2 Å². The SMILES string of the molecule is CCOC(CNC(=O)N(C)C)OCC. The van der Waals surface area contributed by atoms with E-state index in [9.17, 15) is 4.79 Å². The fourth-order valence-electron chi connectivity index (χ4n) is 0.867. The number of nitrogens with one attached hydrogen (secondary N) is 1. The van der Waals surface area contributed by atoms with E-state index in [1.807, 2.05) is 13.8 Å². The quantitative estimate of drug-likeness (QED) is 0.646. The minimum Gasteiger partial charge on any atom is -0.351 e. The van der Waals surface area contributed by atoms with Gasteiger partial charge in [-0.1, -0.05) is 0 Å². The van der Waals surface area contributed by atoms with Crippen molar-refractivity contribution in [1.29, 1.82) is 0 Å². The topological polar surface area (TPSA) is 50.8 Å². The van der Waals surface area contributed by atoms with Crippen LogP contribution in [0.25, 0.3) is 0 Å². The molecule has 0 atom stereocenters. The van der Waals surface area contributed by atoms with Gasteiger partial charge in [-0.05, 0) is 13.8 Å². The molecule has 0 saturated heterocycles. The molecule has 0 aliphatic carbocycles. The number of hydrogen-bond donors (Lipinski definition) is 1. The fourth-order valence-corrected chi connectivity index (χ4v) is 0.867. The Morgan fingerprint density at radius 2 is 1.79 bits per heavy atom. The van der Waals surface area contributed by atoms with Crippen molar-refractivity contribution >= 4 is 6.03 Å². The van der Waals surface area contributed by atoms with Gasteiger partial charge in [-0.3, -0.25) is 0 Å². The summed E-state index contributed by atoms with van der Waals surface area (Å²) in [7, 11) is 3.37. The first-order valence-corrected chi connectivity index (χ1v) is 4.80. The van der Waals surface area contributed by atoms with Gasteiger partial charge in [-0.2, -0.15) is 0 Å². The number of carbonyl (C=O) groups is 1. The molecule has 5 heteroatoms. The summed E-state index contributed by atoms with van der Waals surface area (Å²) in [6.45, 7) is 5.29. The molecule has 0 aliphatic rings. The zero-order valence-electron chi connectivity index (χ0n) is 9.37. The Kier molecular flexibility index (Phi) is 7.14. The van der Waals surface area contributed by atoms with E-state index in [-0.39, 0.29) is 12.3 Å². The largest absolute Gasteiger partial charge is 0.351 e. The van der Waals surface area contributed by atoms with Crippen molar-refractivity contribution in [3.05, 3.63) is 0 Å². The average molecular weight is 204 g/mol. The first kappa shape index (κ1) is 13.2. The first-order chi connectivity index (χ1) is 6.61. The highest BCUT2D eigenvalue weighted by atomic mass is 16.7. The molecule has 0 aromatic heterocycles. The lowest BCUT2D eigenvalue weighted by molar-refractivity contribution is -0.131. The van der Waals surface area contributed by atoms with Gasteiger partial charge < -0.3 is 19.7 Å². The molecular formula is C9H20N2O3. The van der Waals surface area contributed by atoms with Gasteiger partial charge in [0.25, 0.3) is 0 Å². The summed E-state index contributed by atoms with van der Waals surface area (Å²) < 4.78 is 10.5. The molecule has 1 N–H and O–H groups in total. The second-order valence-corrected chi connectivity index (χ2v) is 2.92. The summed E-state index contributed by atoms with van der Waals surface area (Å²) in [6.07, 6.45) is -0.353. The Balaban J connectivity index is 3.74. The highest BCUT2D eigenvalue weighted by Crippen LogP contribution is 1.93. The molecule has 0 spiro atoms.